The van der Waals surface area contributed by atoms with Crippen molar-refractivity contribution < 1.29 is 4.39 Å². The summed E-state index contributed by atoms with van der Waals surface area (Å²) in [5.41, 5.74) is 4.68. The Bertz CT molecular complexity index is 1030. The molecule has 0 atom stereocenters. The summed E-state index contributed by atoms with van der Waals surface area (Å²) in [4.78, 5) is 14.6. The molecule has 2 aliphatic rings. The van der Waals surface area contributed by atoms with Gasteiger partial charge >= 0.3 is 0 Å². The van der Waals surface area contributed by atoms with E-state index in [1.807, 2.05) is 30.3 Å². The molecule has 5 rings (SSSR count). The van der Waals surface area contributed by atoms with Crippen LogP contribution in [0, 0.1) is 5.82 Å². The lowest BCUT2D eigenvalue weighted by Crippen LogP contribution is -2.47. The van der Waals surface area contributed by atoms with Crippen LogP contribution in [0.5, 0.6) is 0 Å². The number of rotatable bonds is 6. The first-order chi connectivity index (χ1) is 15.8. The van der Waals surface area contributed by atoms with Crippen molar-refractivity contribution in [2.45, 2.75) is 25.7 Å². The Morgan fingerprint density at radius 1 is 0.844 bits per heavy atom. The molecule has 1 fully saturated rings. The van der Waals surface area contributed by atoms with Gasteiger partial charge in [-0.3, -0.25) is 4.90 Å². The zero-order valence-electron chi connectivity index (χ0n) is 18.4. The number of hydrogen-bond donors (Lipinski definition) is 1. The minimum absolute atomic E-state index is 0.180. The maximum absolute atomic E-state index is 13.2. The molecule has 1 aromatic heterocycles. The van der Waals surface area contributed by atoms with Crippen molar-refractivity contribution in [1.29, 1.82) is 0 Å². The average molecular weight is 432 g/mol. The second-order valence-electron chi connectivity index (χ2n) is 8.63. The van der Waals surface area contributed by atoms with Crippen molar-refractivity contribution in [3.8, 4) is 11.4 Å². The van der Waals surface area contributed by atoms with Crippen LogP contribution in [-0.2, 0) is 12.8 Å². The summed E-state index contributed by atoms with van der Waals surface area (Å²) in [7, 11) is 0. The maximum atomic E-state index is 13.2. The fourth-order valence-corrected chi connectivity index (χ4v) is 4.67. The van der Waals surface area contributed by atoms with E-state index < -0.39 is 0 Å². The molecule has 3 aromatic rings. The van der Waals surface area contributed by atoms with Gasteiger partial charge in [0.2, 0.25) is 0 Å². The van der Waals surface area contributed by atoms with E-state index in [1.165, 1.54) is 36.2 Å². The number of aryl methyl sites for hydroxylation is 1. The molecule has 6 heteroatoms. The van der Waals surface area contributed by atoms with Crippen molar-refractivity contribution in [2.24, 2.45) is 0 Å². The van der Waals surface area contributed by atoms with Crippen molar-refractivity contribution >= 4 is 11.5 Å². The van der Waals surface area contributed by atoms with Gasteiger partial charge in [-0.25, -0.2) is 14.4 Å². The van der Waals surface area contributed by atoms with Crippen LogP contribution < -0.4 is 10.2 Å². The molecular weight excluding hydrogens is 401 g/mol. The molecule has 1 aliphatic carbocycles. The fraction of sp³-hybridized carbons (Fsp3) is 0.385. The van der Waals surface area contributed by atoms with E-state index in [9.17, 15) is 4.39 Å². The first-order valence-corrected chi connectivity index (χ1v) is 11.7. The normalized spacial score (nSPS) is 16.6. The second-order valence-corrected chi connectivity index (χ2v) is 8.63. The molecule has 5 nitrogen and oxygen atoms in total. The molecule has 2 aromatic carbocycles. The SMILES string of the molecule is Fc1ccc(N2CCN(CCNc3nc(-c4ccccc4)nc4c3CCCC4)CC2)cc1. The van der Waals surface area contributed by atoms with E-state index >= 15 is 0 Å². The van der Waals surface area contributed by atoms with Crippen molar-refractivity contribution in [2.75, 3.05) is 49.5 Å². The van der Waals surface area contributed by atoms with Gasteiger partial charge in [0, 0.05) is 61.8 Å². The van der Waals surface area contributed by atoms with Crippen LogP contribution in [0.1, 0.15) is 24.1 Å². The summed E-state index contributed by atoms with van der Waals surface area (Å²) in [6.07, 6.45) is 4.51. The van der Waals surface area contributed by atoms with Crippen LogP contribution in [0.15, 0.2) is 54.6 Å². The largest absolute Gasteiger partial charge is 0.369 e. The van der Waals surface area contributed by atoms with Crippen molar-refractivity contribution in [3.63, 3.8) is 0 Å². The summed E-state index contributed by atoms with van der Waals surface area (Å²) in [6, 6.07) is 17.1. The highest BCUT2D eigenvalue weighted by atomic mass is 19.1. The second kappa shape index (κ2) is 9.65. The predicted molar refractivity (Wildman–Crippen MR) is 128 cm³/mol. The quantitative estimate of drug-likeness (QED) is 0.627. The molecule has 166 valence electrons. The molecule has 2 heterocycles. The molecule has 0 amide bonds. The maximum Gasteiger partial charge on any atom is 0.161 e. The molecule has 0 bridgehead atoms. The zero-order chi connectivity index (χ0) is 21.8. The third-order valence-electron chi connectivity index (χ3n) is 6.50. The Morgan fingerprint density at radius 2 is 1.59 bits per heavy atom. The summed E-state index contributed by atoms with van der Waals surface area (Å²) in [5, 5.41) is 3.63. The molecule has 1 aliphatic heterocycles. The number of anilines is 2. The number of hydrogen-bond acceptors (Lipinski definition) is 5. The van der Waals surface area contributed by atoms with E-state index in [0.29, 0.717) is 0 Å². The number of benzene rings is 2. The van der Waals surface area contributed by atoms with Crippen LogP contribution in [0.4, 0.5) is 15.9 Å². The number of nitrogens with zero attached hydrogens (tertiary/aromatic N) is 4. The third-order valence-corrected chi connectivity index (χ3v) is 6.50. The fourth-order valence-electron chi connectivity index (χ4n) is 4.67. The molecular formula is C26H30FN5. The number of nitrogens with one attached hydrogen (secondary N) is 1. The summed E-state index contributed by atoms with van der Waals surface area (Å²) in [5.74, 6) is 1.65. The lowest BCUT2D eigenvalue weighted by Gasteiger charge is -2.36. The smallest absolute Gasteiger partial charge is 0.161 e. The topological polar surface area (TPSA) is 44.3 Å². The van der Waals surface area contributed by atoms with E-state index in [4.69, 9.17) is 9.97 Å². The first kappa shape index (κ1) is 20.9. The van der Waals surface area contributed by atoms with Gasteiger partial charge in [-0.15, -0.1) is 0 Å². The standard InChI is InChI=1S/C26H30FN5/c27-21-10-12-22(13-11-21)32-18-16-31(17-19-32)15-14-28-26-23-8-4-5-9-24(23)29-25(30-26)20-6-2-1-3-7-20/h1-3,6-7,10-13H,4-5,8-9,14-19H2,(H,28,29,30). The lowest BCUT2D eigenvalue weighted by atomic mass is 9.96. The summed E-state index contributed by atoms with van der Waals surface area (Å²) < 4.78 is 13.2. The van der Waals surface area contributed by atoms with Gasteiger partial charge in [0.05, 0.1) is 0 Å². The van der Waals surface area contributed by atoms with Gasteiger partial charge < -0.3 is 10.2 Å². The Labute approximate surface area is 189 Å². The van der Waals surface area contributed by atoms with E-state index in [-0.39, 0.29) is 5.82 Å². The van der Waals surface area contributed by atoms with Crippen LogP contribution in [0.3, 0.4) is 0 Å². The molecule has 0 radical (unpaired) electrons. The first-order valence-electron chi connectivity index (χ1n) is 11.7. The van der Waals surface area contributed by atoms with E-state index in [1.54, 1.807) is 0 Å². The lowest BCUT2D eigenvalue weighted by molar-refractivity contribution is 0.267. The molecule has 1 saturated heterocycles. The third kappa shape index (κ3) is 4.75. The highest BCUT2D eigenvalue weighted by Crippen LogP contribution is 2.28. The van der Waals surface area contributed by atoms with Crippen molar-refractivity contribution in [3.05, 3.63) is 71.7 Å². The highest BCUT2D eigenvalue weighted by molar-refractivity contribution is 5.60. The monoisotopic (exact) mass is 431 g/mol. The molecule has 32 heavy (non-hydrogen) atoms. The Morgan fingerprint density at radius 3 is 2.38 bits per heavy atom. The number of piperazine rings is 1. The molecule has 0 unspecified atom stereocenters. The zero-order valence-corrected chi connectivity index (χ0v) is 18.4. The number of halogens is 1. The Hall–Kier alpha value is -2.99. The average Bonchev–Trinajstić information content (AvgIpc) is 2.85. The minimum atomic E-state index is -0.180. The van der Waals surface area contributed by atoms with Gasteiger partial charge in [0.1, 0.15) is 11.6 Å². The molecule has 0 saturated carbocycles. The Balaban J connectivity index is 1.20. The van der Waals surface area contributed by atoms with Crippen LogP contribution >= 0.6 is 0 Å². The Kier molecular flexibility index (Phi) is 6.30. The van der Waals surface area contributed by atoms with Crippen LogP contribution in [-0.4, -0.2) is 54.1 Å². The van der Waals surface area contributed by atoms with E-state index in [2.05, 4.69) is 27.2 Å². The minimum Gasteiger partial charge on any atom is -0.369 e. The molecule has 0 spiro atoms. The van der Waals surface area contributed by atoms with Crippen molar-refractivity contribution in [1.82, 2.24) is 14.9 Å². The summed E-state index contributed by atoms with van der Waals surface area (Å²) >= 11 is 0. The van der Waals surface area contributed by atoms with Gasteiger partial charge in [-0.05, 0) is 49.9 Å². The molecule has 1 N–H and O–H groups in total. The van der Waals surface area contributed by atoms with Gasteiger partial charge in [-0.2, -0.15) is 0 Å². The highest BCUT2D eigenvalue weighted by Gasteiger charge is 2.20. The number of aromatic nitrogens is 2. The van der Waals surface area contributed by atoms with E-state index in [0.717, 1.165) is 75.0 Å². The van der Waals surface area contributed by atoms with Gasteiger partial charge in [0.25, 0.3) is 0 Å². The summed E-state index contributed by atoms with van der Waals surface area (Å²) in [6.45, 7) is 5.80. The predicted octanol–water partition coefficient (Wildman–Crippen LogP) is 4.40. The van der Waals surface area contributed by atoms with Gasteiger partial charge in [0.15, 0.2) is 5.82 Å². The number of fused-ring (bicyclic) bond motifs is 1. The van der Waals surface area contributed by atoms with Crippen LogP contribution in [0.25, 0.3) is 11.4 Å². The van der Waals surface area contributed by atoms with Gasteiger partial charge in [-0.1, -0.05) is 30.3 Å². The van der Waals surface area contributed by atoms with Crippen LogP contribution in [0.2, 0.25) is 0 Å².